The molecule has 2 rings (SSSR count). The van der Waals surface area contributed by atoms with Crippen LogP contribution in [0.5, 0.6) is 0 Å². The Kier molecular flexibility index (Phi) is 1.99. The van der Waals surface area contributed by atoms with Crippen LogP contribution < -0.4 is 0 Å². The zero-order valence-electron chi connectivity index (χ0n) is 5.77. The van der Waals surface area contributed by atoms with Gasteiger partial charge in [0.05, 0.1) is 10.0 Å². The molecule has 62 valence electrons. The highest BCUT2D eigenvalue weighted by Crippen LogP contribution is 2.35. The van der Waals surface area contributed by atoms with E-state index in [1.54, 1.807) is 0 Å². The fraction of sp³-hybridized carbons (Fsp3) is 0. The van der Waals surface area contributed by atoms with E-state index in [0.29, 0.717) is 5.02 Å². The molecule has 0 bridgehead atoms. The van der Waals surface area contributed by atoms with E-state index < -0.39 is 5.82 Å². The Labute approximate surface area is 82.5 Å². The molecule has 1 aromatic carbocycles. The molecular formula is C8H3Cl2FS. The zero-order valence-corrected chi connectivity index (χ0v) is 8.10. The van der Waals surface area contributed by atoms with Gasteiger partial charge >= 0.3 is 0 Å². The monoisotopic (exact) mass is 220 g/mol. The molecular weight excluding hydrogens is 218 g/mol. The summed E-state index contributed by atoms with van der Waals surface area (Å²) < 4.78 is 13.8. The van der Waals surface area contributed by atoms with E-state index >= 15 is 0 Å². The van der Waals surface area contributed by atoms with Gasteiger partial charge in [0.1, 0.15) is 5.82 Å². The Morgan fingerprint density at radius 1 is 1.25 bits per heavy atom. The smallest absolute Gasteiger partial charge is 0.144 e. The van der Waals surface area contributed by atoms with E-state index in [-0.39, 0.29) is 5.02 Å². The molecule has 0 aliphatic carbocycles. The van der Waals surface area contributed by atoms with Crippen LogP contribution in [0.2, 0.25) is 10.0 Å². The van der Waals surface area contributed by atoms with Crippen molar-refractivity contribution in [3.05, 3.63) is 33.4 Å². The number of thiophene rings is 1. The Hall–Kier alpha value is -0.310. The lowest BCUT2D eigenvalue weighted by atomic mass is 10.2. The van der Waals surface area contributed by atoms with Gasteiger partial charge in [0, 0.05) is 10.1 Å². The minimum Gasteiger partial charge on any atom is -0.205 e. The summed E-state index contributed by atoms with van der Waals surface area (Å²) in [6, 6.07) is 3.22. The minimum absolute atomic E-state index is 0.00238. The van der Waals surface area contributed by atoms with Gasteiger partial charge in [0.15, 0.2) is 0 Å². The molecule has 0 fully saturated rings. The van der Waals surface area contributed by atoms with Crippen molar-refractivity contribution in [2.45, 2.75) is 0 Å². The van der Waals surface area contributed by atoms with Crippen molar-refractivity contribution in [1.82, 2.24) is 0 Å². The summed E-state index contributed by atoms with van der Waals surface area (Å²) in [6.45, 7) is 0. The normalized spacial score (nSPS) is 10.9. The standard InChI is InChI=1S/C8H3Cl2FS/c9-7-4-1-2-12-6(4)3-5(11)8(7)10/h1-3H. The topological polar surface area (TPSA) is 0 Å². The Bertz CT molecular complexity index is 436. The van der Waals surface area contributed by atoms with E-state index in [0.717, 1.165) is 10.1 Å². The Balaban J connectivity index is 2.94. The summed E-state index contributed by atoms with van der Waals surface area (Å²) in [7, 11) is 0. The van der Waals surface area contributed by atoms with Crippen molar-refractivity contribution in [2.24, 2.45) is 0 Å². The van der Waals surface area contributed by atoms with Gasteiger partial charge in [-0.25, -0.2) is 4.39 Å². The maximum atomic E-state index is 13.0. The molecule has 0 aliphatic heterocycles. The summed E-state index contributed by atoms with van der Waals surface area (Å²) in [5.41, 5.74) is 0. The van der Waals surface area contributed by atoms with Crippen molar-refractivity contribution >= 4 is 44.6 Å². The van der Waals surface area contributed by atoms with Crippen LogP contribution in [-0.4, -0.2) is 0 Å². The van der Waals surface area contributed by atoms with Gasteiger partial charge in [-0.15, -0.1) is 11.3 Å². The summed E-state index contributed by atoms with van der Waals surface area (Å²) in [5, 5.41) is 2.97. The summed E-state index contributed by atoms with van der Waals surface area (Å²) >= 11 is 12.9. The average molecular weight is 221 g/mol. The fourth-order valence-corrected chi connectivity index (χ4v) is 2.30. The van der Waals surface area contributed by atoms with Crippen LogP contribution in [0.25, 0.3) is 10.1 Å². The Morgan fingerprint density at radius 2 is 2.00 bits per heavy atom. The third kappa shape index (κ3) is 1.11. The van der Waals surface area contributed by atoms with Gasteiger partial charge in [-0.3, -0.25) is 0 Å². The van der Waals surface area contributed by atoms with Gasteiger partial charge in [-0.05, 0) is 17.5 Å². The number of fused-ring (bicyclic) bond motifs is 1. The number of hydrogen-bond acceptors (Lipinski definition) is 1. The second kappa shape index (κ2) is 2.87. The first kappa shape index (κ1) is 8.30. The lowest BCUT2D eigenvalue weighted by Gasteiger charge is -1.98. The number of hydrogen-bond donors (Lipinski definition) is 0. The molecule has 0 saturated heterocycles. The molecule has 0 N–H and O–H groups in total. The summed E-state index contributed by atoms with van der Waals surface area (Å²) in [5.74, 6) is -0.461. The molecule has 2 aromatic rings. The van der Waals surface area contributed by atoms with Crippen LogP contribution in [-0.2, 0) is 0 Å². The molecule has 0 saturated carbocycles. The lowest BCUT2D eigenvalue weighted by molar-refractivity contribution is 0.630. The maximum absolute atomic E-state index is 13.0. The molecule has 0 nitrogen and oxygen atoms in total. The molecule has 0 spiro atoms. The van der Waals surface area contributed by atoms with Gasteiger partial charge in [-0.2, -0.15) is 0 Å². The lowest BCUT2D eigenvalue weighted by Crippen LogP contribution is -1.77. The largest absolute Gasteiger partial charge is 0.205 e. The van der Waals surface area contributed by atoms with E-state index in [4.69, 9.17) is 23.2 Å². The van der Waals surface area contributed by atoms with Crippen molar-refractivity contribution in [3.8, 4) is 0 Å². The van der Waals surface area contributed by atoms with E-state index in [1.165, 1.54) is 17.4 Å². The van der Waals surface area contributed by atoms with Crippen LogP contribution in [0.3, 0.4) is 0 Å². The first-order chi connectivity index (χ1) is 5.70. The minimum atomic E-state index is -0.461. The zero-order chi connectivity index (χ0) is 8.72. The summed E-state index contributed by atoms with van der Waals surface area (Å²) in [6.07, 6.45) is 0. The van der Waals surface area contributed by atoms with E-state index in [9.17, 15) is 4.39 Å². The fourth-order valence-electron chi connectivity index (χ4n) is 1.02. The molecule has 0 radical (unpaired) electrons. The van der Waals surface area contributed by atoms with Crippen molar-refractivity contribution in [2.75, 3.05) is 0 Å². The number of rotatable bonds is 0. The second-order valence-corrected chi connectivity index (χ2v) is 4.02. The molecule has 0 atom stereocenters. The van der Waals surface area contributed by atoms with Gasteiger partial charge < -0.3 is 0 Å². The first-order valence-corrected chi connectivity index (χ1v) is 4.84. The Morgan fingerprint density at radius 3 is 2.75 bits per heavy atom. The molecule has 1 heterocycles. The van der Waals surface area contributed by atoms with Crippen LogP contribution >= 0.6 is 34.5 Å². The van der Waals surface area contributed by atoms with E-state index in [2.05, 4.69) is 0 Å². The van der Waals surface area contributed by atoms with Crippen LogP contribution in [0.15, 0.2) is 17.5 Å². The van der Waals surface area contributed by atoms with Crippen LogP contribution in [0.1, 0.15) is 0 Å². The predicted octanol–water partition coefficient (Wildman–Crippen LogP) is 4.35. The highest BCUT2D eigenvalue weighted by atomic mass is 35.5. The number of halogens is 3. The van der Waals surface area contributed by atoms with Crippen LogP contribution in [0, 0.1) is 5.82 Å². The van der Waals surface area contributed by atoms with Crippen molar-refractivity contribution in [3.63, 3.8) is 0 Å². The van der Waals surface area contributed by atoms with Crippen LogP contribution in [0.4, 0.5) is 4.39 Å². The molecule has 0 unspecified atom stereocenters. The molecule has 1 aromatic heterocycles. The SMILES string of the molecule is Fc1cc2sccc2c(Cl)c1Cl. The highest BCUT2D eigenvalue weighted by molar-refractivity contribution is 7.17. The van der Waals surface area contributed by atoms with Crippen molar-refractivity contribution in [1.29, 1.82) is 0 Å². The first-order valence-electron chi connectivity index (χ1n) is 3.21. The predicted molar refractivity (Wildman–Crippen MR) is 51.8 cm³/mol. The van der Waals surface area contributed by atoms with Gasteiger partial charge in [0.25, 0.3) is 0 Å². The maximum Gasteiger partial charge on any atom is 0.144 e. The van der Waals surface area contributed by atoms with Gasteiger partial charge in [-0.1, -0.05) is 23.2 Å². The van der Waals surface area contributed by atoms with Crippen molar-refractivity contribution < 1.29 is 4.39 Å². The quantitative estimate of drug-likeness (QED) is 0.580. The second-order valence-electron chi connectivity index (χ2n) is 2.32. The highest BCUT2D eigenvalue weighted by Gasteiger charge is 2.09. The molecule has 12 heavy (non-hydrogen) atoms. The molecule has 0 amide bonds. The number of benzene rings is 1. The van der Waals surface area contributed by atoms with Gasteiger partial charge in [0.2, 0.25) is 0 Å². The molecule has 4 heteroatoms. The average Bonchev–Trinajstić information content (AvgIpc) is 2.48. The third-order valence-corrected chi connectivity index (χ3v) is 3.31. The molecule has 0 aliphatic rings. The third-order valence-electron chi connectivity index (χ3n) is 1.59. The summed E-state index contributed by atoms with van der Waals surface area (Å²) in [4.78, 5) is 0. The van der Waals surface area contributed by atoms with E-state index in [1.807, 2.05) is 11.4 Å².